The minimum absolute atomic E-state index is 0.0925. The molecule has 5 rings (SSSR count). The maximum atomic E-state index is 13.6. The van der Waals surface area contributed by atoms with Crippen LogP contribution >= 0.6 is 0 Å². The van der Waals surface area contributed by atoms with Gasteiger partial charge >= 0.3 is 0 Å². The maximum Gasteiger partial charge on any atom is 0.291 e. The Labute approximate surface area is 185 Å². The average molecular weight is 433 g/mol. The fraction of sp³-hybridized carbons (Fsp3) is 0.333. The first-order valence-corrected chi connectivity index (χ1v) is 10.9. The Balaban J connectivity index is 1.51. The molecule has 8 nitrogen and oxygen atoms in total. The van der Waals surface area contributed by atoms with Crippen molar-refractivity contribution in [3.63, 3.8) is 0 Å². The van der Waals surface area contributed by atoms with E-state index in [0.29, 0.717) is 24.1 Å². The van der Waals surface area contributed by atoms with Crippen molar-refractivity contribution in [1.82, 2.24) is 4.90 Å². The van der Waals surface area contributed by atoms with E-state index in [0.717, 1.165) is 5.56 Å². The van der Waals surface area contributed by atoms with E-state index in [1.54, 1.807) is 6.07 Å². The fourth-order valence-electron chi connectivity index (χ4n) is 5.66. The summed E-state index contributed by atoms with van der Waals surface area (Å²) in [5.41, 5.74) is 6.56. The lowest BCUT2D eigenvalue weighted by atomic mass is 9.76. The number of carbonyl (C=O) groups is 4. The zero-order valence-corrected chi connectivity index (χ0v) is 17.5. The number of fused-ring (bicyclic) bond motifs is 4. The van der Waals surface area contributed by atoms with Crippen molar-refractivity contribution in [3.8, 4) is 0 Å². The summed E-state index contributed by atoms with van der Waals surface area (Å²) in [6.45, 7) is 0.260. The molecule has 3 aliphatic rings. The van der Waals surface area contributed by atoms with Crippen molar-refractivity contribution in [1.29, 1.82) is 0 Å². The molecular formula is C24H25N4O4+. The first-order valence-electron chi connectivity index (χ1n) is 10.9. The van der Waals surface area contributed by atoms with Gasteiger partial charge in [0.15, 0.2) is 0 Å². The Morgan fingerprint density at radius 2 is 1.75 bits per heavy atom. The highest BCUT2D eigenvalue weighted by atomic mass is 16.2. The highest BCUT2D eigenvalue weighted by molar-refractivity contribution is 6.13. The van der Waals surface area contributed by atoms with E-state index in [1.165, 1.54) is 4.90 Å². The quantitative estimate of drug-likeness (QED) is 0.550. The highest BCUT2D eigenvalue weighted by Gasteiger charge is 2.73. The first-order chi connectivity index (χ1) is 15.4. The van der Waals surface area contributed by atoms with Crippen molar-refractivity contribution in [2.24, 2.45) is 17.6 Å². The predicted octanol–water partition coefficient (Wildman–Crippen LogP) is -0.111. The van der Waals surface area contributed by atoms with Crippen molar-refractivity contribution in [3.05, 3.63) is 65.7 Å². The van der Waals surface area contributed by atoms with Gasteiger partial charge in [0.25, 0.3) is 5.91 Å². The van der Waals surface area contributed by atoms with Gasteiger partial charge in [0, 0.05) is 24.9 Å². The fourth-order valence-corrected chi connectivity index (χ4v) is 5.66. The van der Waals surface area contributed by atoms with E-state index in [1.807, 2.05) is 53.8 Å². The SMILES string of the molecule is NC(=O)CC[C@H]1[NH2+][C@]2(C(=O)Nc3ccccc32)[C@H]2C(=O)N(CCc3ccccc3)C(=O)[C@@H]12. The number of nitrogens with zero attached hydrogens (tertiary/aromatic N) is 1. The predicted molar refractivity (Wildman–Crippen MR) is 115 cm³/mol. The molecule has 1 spiro atoms. The summed E-state index contributed by atoms with van der Waals surface area (Å²) in [7, 11) is 0. The number of hydrogen-bond donors (Lipinski definition) is 3. The molecule has 0 unspecified atom stereocenters. The van der Waals surface area contributed by atoms with Gasteiger partial charge in [-0.25, -0.2) is 0 Å². The average Bonchev–Trinajstić information content (AvgIpc) is 3.36. The van der Waals surface area contributed by atoms with Crippen LogP contribution in [0.3, 0.4) is 0 Å². The molecule has 4 amide bonds. The van der Waals surface area contributed by atoms with E-state index >= 15 is 0 Å². The van der Waals surface area contributed by atoms with Crippen LogP contribution in [0.1, 0.15) is 24.0 Å². The molecule has 0 saturated carbocycles. The number of anilines is 1. The van der Waals surface area contributed by atoms with Crippen LogP contribution in [0.5, 0.6) is 0 Å². The van der Waals surface area contributed by atoms with Crippen LogP contribution in [0.2, 0.25) is 0 Å². The van der Waals surface area contributed by atoms with Crippen LogP contribution in [0.25, 0.3) is 0 Å². The Morgan fingerprint density at radius 1 is 1.03 bits per heavy atom. The molecule has 0 radical (unpaired) electrons. The van der Waals surface area contributed by atoms with Crippen LogP contribution < -0.4 is 16.4 Å². The number of hydrogen-bond acceptors (Lipinski definition) is 4. The Kier molecular flexibility index (Phi) is 4.82. The van der Waals surface area contributed by atoms with Gasteiger partial charge < -0.3 is 16.4 Å². The van der Waals surface area contributed by atoms with E-state index in [2.05, 4.69) is 5.32 Å². The number of amides is 4. The molecule has 32 heavy (non-hydrogen) atoms. The highest BCUT2D eigenvalue weighted by Crippen LogP contribution is 2.49. The summed E-state index contributed by atoms with van der Waals surface area (Å²) in [5.74, 6) is -2.83. The number of para-hydroxylation sites is 1. The van der Waals surface area contributed by atoms with Crippen molar-refractivity contribution >= 4 is 29.3 Å². The lowest BCUT2D eigenvalue weighted by Crippen LogP contribution is -2.99. The van der Waals surface area contributed by atoms with E-state index in [4.69, 9.17) is 5.73 Å². The van der Waals surface area contributed by atoms with E-state index < -0.39 is 23.3 Å². The van der Waals surface area contributed by atoms with Crippen molar-refractivity contribution < 1.29 is 24.5 Å². The van der Waals surface area contributed by atoms with Crippen LogP contribution in [-0.4, -0.2) is 41.1 Å². The van der Waals surface area contributed by atoms with Gasteiger partial charge in [-0.3, -0.25) is 24.1 Å². The summed E-state index contributed by atoms with van der Waals surface area (Å²) < 4.78 is 0. The number of nitrogens with two attached hydrogens (primary N) is 2. The molecule has 8 heteroatoms. The number of rotatable bonds is 6. The lowest BCUT2D eigenvalue weighted by molar-refractivity contribution is -0.734. The van der Waals surface area contributed by atoms with Gasteiger partial charge in [-0.05, 0) is 18.1 Å². The zero-order chi connectivity index (χ0) is 22.5. The maximum absolute atomic E-state index is 13.6. The number of benzene rings is 2. The first kappa shape index (κ1) is 20.4. The third-order valence-electron chi connectivity index (χ3n) is 7.06. The summed E-state index contributed by atoms with van der Waals surface area (Å²) >= 11 is 0. The number of carbonyl (C=O) groups excluding carboxylic acids is 4. The minimum atomic E-state index is -1.21. The second-order valence-corrected chi connectivity index (χ2v) is 8.77. The number of quaternary nitrogens is 1. The molecule has 164 valence electrons. The molecule has 4 atom stereocenters. The van der Waals surface area contributed by atoms with Crippen LogP contribution in [0, 0.1) is 11.8 Å². The van der Waals surface area contributed by atoms with Crippen LogP contribution in [0.15, 0.2) is 54.6 Å². The molecule has 2 aromatic rings. The van der Waals surface area contributed by atoms with Crippen LogP contribution in [-0.2, 0) is 31.1 Å². The topological polar surface area (TPSA) is 126 Å². The van der Waals surface area contributed by atoms with Gasteiger partial charge in [0.1, 0.15) is 17.9 Å². The Bertz CT molecular complexity index is 1120. The molecule has 3 aliphatic heterocycles. The molecular weight excluding hydrogens is 408 g/mol. The number of imide groups is 1. The largest absolute Gasteiger partial charge is 0.370 e. The monoisotopic (exact) mass is 433 g/mol. The standard InChI is InChI=1S/C24H24N4O4/c25-18(29)11-10-17-19-20(24(27-17)15-8-4-5-9-16(15)26-23(24)32)22(31)28(21(19)30)13-12-14-6-2-1-3-7-14/h1-9,17,19-20,27H,10-13H2,(H2,25,29)(H,26,32)/p+1/t17-,19+,20-,24+/m1/s1. The number of primary amides is 1. The number of likely N-dealkylation sites (tertiary alicyclic amines) is 1. The van der Waals surface area contributed by atoms with Crippen molar-refractivity contribution in [2.75, 3.05) is 11.9 Å². The Hall–Kier alpha value is -3.52. The third kappa shape index (κ3) is 2.94. The molecule has 0 aliphatic carbocycles. The normalized spacial score (nSPS) is 28.2. The third-order valence-corrected chi connectivity index (χ3v) is 7.06. The van der Waals surface area contributed by atoms with E-state index in [-0.39, 0.29) is 36.7 Å². The molecule has 2 saturated heterocycles. The van der Waals surface area contributed by atoms with Gasteiger partial charge in [0.2, 0.25) is 23.3 Å². The summed E-state index contributed by atoms with van der Waals surface area (Å²) in [4.78, 5) is 53.2. The molecule has 0 bridgehead atoms. The smallest absolute Gasteiger partial charge is 0.291 e. The van der Waals surface area contributed by atoms with Crippen LogP contribution in [0.4, 0.5) is 5.69 Å². The second kappa shape index (κ2) is 7.56. The summed E-state index contributed by atoms with van der Waals surface area (Å²) in [6.07, 6.45) is 0.970. The molecule has 0 aromatic heterocycles. The van der Waals surface area contributed by atoms with Gasteiger partial charge in [-0.1, -0.05) is 48.5 Å². The second-order valence-electron chi connectivity index (χ2n) is 8.77. The molecule has 2 aromatic carbocycles. The Morgan fingerprint density at radius 3 is 2.50 bits per heavy atom. The lowest BCUT2D eigenvalue weighted by Gasteiger charge is -2.26. The summed E-state index contributed by atoms with van der Waals surface area (Å²) in [6, 6.07) is 16.6. The zero-order valence-electron chi connectivity index (χ0n) is 17.5. The van der Waals surface area contributed by atoms with E-state index in [9.17, 15) is 19.2 Å². The molecule has 5 N–H and O–H groups in total. The summed E-state index contributed by atoms with van der Waals surface area (Å²) in [5, 5.41) is 4.72. The number of nitrogens with one attached hydrogen (secondary N) is 1. The minimum Gasteiger partial charge on any atom is -0.370 e. The van der Waals surface area contributed by atoms with Gasteiger partial charge in [-0.15, -0.1) is 0 Å². The van der Waals surface area contributed by atoms with Gasteiger partial charge in [-0.2, -0.15) is 0 Å². The van der Waals surface area contributed by atoms with Crippen molar-refractivity contribution in [2.45, 2.75) is 30.8 Å². The molecule has 3 heterocycles. The molecule has 2 fully saturated rings. The van der Waals surface area contributed by atoms with Gasteiger partial charge in [0.05, 0.1) is 5.69 Å².